The van der Waals surface area contributed by atoms with Crippen LogP contribution in [0.2, 0.25) is 0 Å². The number of rotatable bonds is 1. The van der Waals surface area contributed by atoms with Gasteiger partial charge in [-0.2, -0.15) is 0 Å². The molecule has 0 spiro atoms. The molecule has 2 N–H and O–H groups in total. The van der Waals surface area contributed by atoms with Gasteiger partial charge in [-0.25, -0.2) is 0 Å². The minimum absolute atomic E-state index is 0.115. The number of carbonyl (C=O) groups excluding carboxylic acids is 1. The molecule has 1 saturated heterocycles. The largest absolute Gasteiger partial charge is 0.379 e. The second kappa shape index (κ2) is 4.94. The number of anilines is 1. The highest BCUT2D eigenvalue weighted by Crippen LogP contribution is 2.31. The molecule has 1 aromatic carbocycles. The summed E-state index contributed by atoms with van der Waals surface area (Å²) in [6.07, 6.45) is 1.03. The van der Waals surface area contributed by atoms with Gasteiger partial charge in [-0.15, -0.1) is 0 Å². The van der Waals surface area contributed by atoms with Gasteiger partial charge in [0.15, 0.2) is 0 Å². The molecule has 102 valence electrons. The smallest absolute Gasteiger partial charge is 0.234 e. The number of ether oxygens (including phenoxy) is 1. The van der Waals surface area contributed by atoms with E-state index in [1.54, 1.807) is 0 Å². The van der Waals surface area contributed by atoms with Crippen molar-refractivity contribution in [1.82, 2.24) is 0 Å². The van der Waals surface area contributed by atoms with E-state index in [0.29, 0.717) is 19.1 Å². The monoisotopic (exact) mass is 260 g/mol. The van der Waals surface area contributed by atoms with Gasteiger partial charge in [0, 0.05) is 18.3 Å². The lowest BCUT2D eigenvalue weighted by molar-refractivity contribution is -0.122. The third kappa shape index (κ3) is 2.26. The molecule has 0 bridgehead atoms. The first-order valence-electron chi connectivity index (χ1n) is 6.89. The molecule has 2 heterocycles. The molecule has 2 aliphatic heterocycles. The Bertz CT molecular complexity index is 489. The molecular formula is C15H20N2O2. The first-order chi connectivity index (χ1) is 9.16. The van der Waals surface area contributed by atoms with Crippen LogP contribution < -0.4 is 10.6 Å². The number of benzene rings is 1. The molecule has 3 unspecified atom stereocenters. The summed E-state index contributed by atoms with van der Waals surface area (Å²) in [5.74, 6) is 0.403. The highest BCUT2D eigenvalue weighted by Gasteiger charge is 2.37. The summed E-state index contributed by atoms with van der Waals surface area (Å²) in [5.41, 5.74) is 8.27. The number of para-hydroxylation sites is 1. The molecule has 19 heavy (non-hydrogen) atoms. The lowest BCUT2D eigenvalue weighted by Crippen LogP contribution is -2.47. The Morgan fingerprint density at radius 2 is 2.16 bits per heavy atom. The molecule has 3 atom stereocenters. The van der Waals surface area contributed by atoms with E-state index in [1.807, 2.05) is 23.1 Å². The first kappa shape index (κ1) is 12.6. The molecule has 4 heteroatoms. The van der Waals surface area contributed by atoms with Crippen LogP contribution in [0.15, 0.2) is 24.3 Å². The number of hydrogen-bond acceptors (Lipinski definition) is 3. The highest BCUT2D eigenvalue weighted by molar-refractivity contribution is 5.96. The van der Waals surface area contributed by atoms with Gasteiger partial charge in [0.2, 0.25) is 5.91 Å². The van der Waals surface area contributed by atoms with Crippen LogP contribution in [0.5, 0.6) is 0 Å². The van der Waals surface area contributed by atoms with Crippen LogP contribution in [0.1, 0.15) is 12.5 Å². The zero-order valence-electron chi connectivity index (χ0n) is 11.2. The highest BCUT2D eigenvalue weighted by atomic mass is 16.5. The number of fused-ring (bicyclic) bond motifs is 1. The Labute approximate surface area is 113 Å². The van der Waals surface area contributed by atoms with Crippen molar-refractivity contribution in [1.29, 1.82) is 0 Å². The number of carbonyl (C=O) groups is 1. The second-order valence-electron chi connectivity index (χ2n) is 5.69. The molecule has 0 saturated carbocycles. The fourth-order valence-electron chi connectivity index (χ4n) is 3.03. The van der Waals surface area contributed by atoms with Crippen molar-refractivity contribution in [2.45, 2.75) is 19.4 Å². The first-order valence-corrected chi connectivity index (χ1v) is 6.89. The van der Waals surface area contributed by atoms with E-state index in [1.165, 1.54) is 5.56 Å². The number of amides is 1. The average Bonchev–Trinajstić information content (AvgIpc) is 2.83. The van der Waals surface area contributed by atoms with Gasteiger partial charge >= 0.3 is 0 Å². The van der Waals surface area contributed by atoms with Crippen molar-refractivity contribution in [3.8, 4) is 0 Å². The molecule has 1 aromatic rings. The van der Waals surface area contributed by atoms with Crippen molar-refractivity contribution in [3.63, 3.8) is 0 Å². The maximum Gasteiger partial charge on any atom is 0.234 e. The molecular weight excluding hydrogens is 240 g/mol. The van der Waals surface area contributed by atoms with Gasteiger partial charge in [0.05, 0.1) is 19.1 Å². The van der Waals surface area contributed by atoms with Crippen LogP contribution in [0.3, 0.4) is 0 Å². The van der Waals surface area contributed by atoms with Gasteiger partial charge in [0.1, 0.15) is 0 Å². The van der Waals surface area contributed by atoms with Gasteiger partial charge < -0.3 is 15.4 Å². The van der Waals surface area contributed by atoms with E-state index in [-0.39, 0.29) is 17.9 Å². The normalized spacial score (nSPS) is 30.2. The van der Waals surface area contributed by atoms with Gasteiger partial charge in [-0.3, -0.25) is 4.79 Å². The summed E-state index contributed by atoms with van der Waals surface area (Å²) in [6, 6.07) is 7.98. The van der Waals surface area contributed by atoms with Crippen molar-refractivity contribution in [3.05, 3.63) is 29.8 Å². The third-order valence-corrected chi connectivity index (χ3v) is 4.05. The van der Waals surface area contributed by atoms with E-state index in [9.17, 15) is 4.79 Å². The zero-order chi connectivity index (χ0) is 13.4. The summed E-state index contributed by atoms with van der Waals surface area (Å²) in [4.78, 5) is 14.6. The van der Waals surface area contributed by atoms with Crippen molar-refractivity contribution in [2.24, 2.45) is 17.6 Å². The van der Waals surface area contributed by atoms with E-state index in [4.69, 9.17) is 10.5 Å². The Balaban J connectivity index is 1.90. The van der Waals surface area contributed by atoms with Crippen molar-refractivity contribution in [2.75, 3.05) is 24.7 Å². The molecule has 0 aromatic heterocycles. The summed E-state index contributed by atoms with van der Waals surface area (Å²) in [7, 11) is 0. The molecule has 3 rings (SSSR count). The average molecular weight is 260 g/mol. The zero-order valence-corrected chi connectivity index (χ0v) is 11.2. The summed E-state index contributed by atoms with van der Waals surface area (Å²) in [6.45, 7) is 3.90. The summed E-state index contributed by atoms with van der Waals surface area (Å²) in [5, 5.41) is 0. The third-order valence-electron chi connectivity index (χ3n) is 4.05. The number of nitrogens with zero attached hydrogens (tertiary/aromatic N) is 1. The maximum absolute atomic E-state index is 12.7. The van der Waals surface area contributed by atoms with Gasteiger partial charge in [-0.05, 0) is 24.0 Å². The van der Waals surface area contributed by atoms with E-state index in [2.05, 4.69) is 13.0 Å². The fraction of sp³-hybridized carbons (Fsp3) is 0.533. The Hall–Kier alpha value is -1.39. The van der Waals surface area contributed by atoms with Gasteiger partial charge in [0.25, 0.3) is 0 Å². The second-order valence-corrected chi connectivity index (χ2v) is 5.69. The minimum Gasteiger partial charge on any atom is -0.379 e. The van der Waals surface area contributed by atoms with Crippen LogP contribution in [0.4, 0.5) is 5.69 Å². The molecule has 4 nitrogen and oxygen atoms in total. The SMILES string of the molecule is CC1Cc2ccccc2N(C(=O)C2COCC2N)C1. The number of hydrogen-bond donors (Lipinski definition) is 1. The molecule has 0 radical (unpaired) electrons. The van der Waals surface area contributed by atoms with E-state index >= 15 is 0 Å². The van der Waals surface area contributed by atoms with Crippen LogP contribution >= 0.6 is 0 Å². The standard InChI is InChI=1S/C15H20N2O2/c1-10-6-11-4-2-3-5-14(11)17(7-10)15(18)12-8-19-9-13(12)16/h2-5,10,12-13H,6-9,16H2,1H3. The fourth-order valence-corrected chi connectivity index (χ4v) is 3.03. The predicted octanol–water partition coefficient (Wildman–Crippen LogP) is 1.19. The Morgan fingerprint density at radius 1 is 1.37 bits per heavy atom. The molecule has 0 aliphatic carbocycles. The lowest BCUT2D eigenvalue weighted by Gasteiger charge is -2.35. The van der Waals surface area contributed by atoms with Crippen molar-refractivity contribution >= 4 is 11.6 Å². The van der Waals surface area contributed by atoms with Crippen LogP contribution in [0.25, 0.3) is 0 Å². The van der Waals surface area contributed by atoms with Crippen LogP contribution in [-0.4, -0.2) is 31.7 Å². The van der Waals surface area contributed by atoms with E-state index in [0.717, 1.165) is 18.7 Å². The minimum atomic E-state index is -0.196. The topological polar surface area (TPSA) is 55.6 Å². The Morgan fingerprint density at radius 3 is 2.89 bits per heavy atom. The predicted molar refractivity (Wildman–Crippen MR) is 73.9 cm³/mol. The molecule has 1 fully saturated rings. The van der Waals surface area contributed by atoms with Gasteiger partial charge in [-0.1, -0.05) is 25.1 Å². The van der Waals surface area contributed by atoms with Crippen LogP contribution in [0, 0.1) is 11.8 Å². The van der Waals surface area contributed by atoms with E-state index < -0.39 is 0 Å². The summed E-state index contributed by atoms with van der Waals surface area (Å²) < 4.78 is 5.32. The van der Waals surface area contributed by atoms with Crippen molar-refractivity contribution < 1.29 is 9.53 Å². The Kier molecular flexibility index (Phi) is 3.29. The maximum atomic E-state index is 12.7. The number of nitrogens with two attached hydrogens (primary N) is 1. The summed E-state index contributed by atoms with van der Waals surface area (Å²) >= 11 is 0. The quantitative estimate of drug-likeness (QED) is 0.825. The molecule has 1 amide bonds. The lowest BCUT2D eigenvalue weighted by atomic mass is 9.92. The molecule has 2 aliphatic rings. The van der Waals surface area contributed by atoms with Crippen LogP contribution in [-0.2, 0) is 16.0 Å².